The Hall–Kier alpha value is -3.43. The molecule has 2 atom stereocenters. The largest absolute Gasteiger partial charge is 0.490 e. The minimum absolute atomic E-state index is 0.0610. The Bertz CT molecular complexity index is 1050. The highest BCUT2D eigenvalue weighted by atomic mass is 16.6. The molecule has 1 N–H and O–H groups in total. The molecule has 0 saturated heterocycles. The first-order valence-electron chi connectivity index (χ1n) is 9.81. The number of aliphatic hydroxyl groups is 1. The molecule has 170 valence electrons. The first-order valence-corrected chi connectivity index (χ1v) is 9.81. The lowest BCUT2D eigenvalue weighted by atomic mass is 9.83. The summed E-state index contributed by atoms with van der Waals surface area (Å²) in [4.78, 5) is 34.0. The third-order valence-corrected chi connectivity index (χ3v) is 4.76. The molecular weight excluding hydrogens is 420 g/mol. The molecule has 0 aliphatic carbocycles. The SMILES string of the molecule is COC1c2ccc(OC(C)=O)cc2OCC1(O)Cc1ccc(OC(C)=O)c(OC(C)=O)c1. The van der Waals surface area contributed by atoms with Gasteiger partial charge in [-0.25, -0.2) is 0 Å². The first kappa shape index (κ1) is 23.2. The predicted octanol–water partition coefficient (Wildman–Crippen LogP) is 2.52. The average molecular weight is 444 g/mol. The Morgan fingerprint density at radius 2 is 1.62 bits per heavy atom. The van der Waals surface area contributed by atoms with E-state index in [9.17, 15) is 19.5 Å². The molecule has 9 heteroatoms. The number of ether oxygens (including phenoxy) is 5. The van der Waals surface area contributed by atoms with Gasteiger partial charge in [0.2, 0.25) is 0 Å². The molecule has 0 amide bonds. The fourth-order valence-electron chi connectivity index (χ4n) is 3.63. The molecule has 0 spiro atoms. The highest BCUT2D eigenvalue weighted by Gasteiger charge is 2.44. The number of rotatable bonds is 6. The molecular formula is C23H24O9. The zero-order chi connectivity index (χ0) is 23.5. The van der Waals surface area contributed by atoms with Crippen molar-refractivity contribution in [2.75, 3.05) is 13.7 Å². The number of carbonyl (C=O) groups is 3. The quantitative estimate of drug-likeness (QED) is 0.530. The van der Waals surface area contributed by atoms with Crippen LogP contribution in [0.25, 0.3) is 0 Å². The highest BCUT2D eigenvalue weighted by Crippen LogP contribution is 2.43. The van der Waals surface area contributed by atoms with Crippen molar-refractivity contribution in [1.29, 1.82) is 0 Å². The molecule has 2 aromatic rings. The number of hydrogen-bond donors (Lipinski definition) is 1. The maximum atomic E-state index is 11.5. The van der Waals surface area contributed by atoms with Crippen molar-refractivity contribution in [3.63, 3.8) is 0 Å². The summed E-state index contributed by atoms with van der Waals surface area (Å²) >= 11 is 0. The topological polar surface area (TPSA) is 118 Å². The van der Waals surface area contributed by atoms with Gasteiger partial charge in [-0.1, -0.05) is 6.07 Å². The maximum absolute atomic E-state index is 11.5. The van der Waals surface area contributed by atoms with Gasteiger partial charge < -0.3 is 28.8 Å². The third-order valence-electron chi connectivity index (χ3n) is 4.76. The van der Waals surface area contributed by atoms with Gasteiger partial charge in [-0.05, 0) is 29.8 Å². The van der Waals surface area contributed by atoms with Crippen molar-refractivity contribution in [1.82, 2.24) is 0 Å². The van der Waals surface area contributed by atoms with Crippen molar-refractivity contribution < 1.29 is 43.2 Å². The number of benzene rings is 2. The van der Waals surface area contributed by atoms with E-state index in [2.05, 4.69) is 0 Å². The average Bonchev–Trinajstić information content (AvgIpc) is 2.69. The lowest BCUT2D eigenvalue weighted by Gasteiger charge is -2.40. The number of methoxy groups -OCH3 is 1. The lowest BCUT2D eigenvalue weighted by Crippen LogP contribution is -2.48. The number of esters is 3. The Balaban J connectivity index is 1.90. The van der Waals surface area contributed by atoms with E-state index in [0.717, 1.165) is 0 Å². The summed E-state index contributed by atoms with van der Waals surface area (Å²) in [5, 5.41) is 11.4. The van der Waals surface area contributed by atoms with Crippen molar-refractivity contribution in [3.05, 3.63) is 47.5 Å². The van der Waals surface area contributed by atoms with Gasteiger partial charge in [0.05, 0.1) is 0 Å². The van der Waals surface area contributed by atoms with Crippen LogP contribution in [-0.2, 0) is 25.5 Å². The molecule has 1 heterocycles. The van der Waals surface area contributed by atoms with Crippen LogP contribution >= 0.6 is 0 Å². The second kappa shape index (κ2) is 9.37. The maximum Gasteiger partial charge on any atom is 0.308 e. The van der Waals surface area contributed by atoms with Crippen molar-refractivity contribution >= 4 is 17.9 Å². The smallest absolute Gasteiger partial charge is 0.308 e. The predicted molar refractivity (Wildman–Crippen MR) is 111 cm³/mol. The van der Waals surface area contributed by atoms with Crippen LogP contribution in [0.4, 0.5) is 0 Å². The van der Waals surface area contributed by atoms with Gasteiger partial charge in [0, 0.05) is 45.9 Å². The Morgan fingerprint density at radius 1 is 0.969 bits per heavy atom. The second-order valence-electron chi connectivity index (χ2n) is 7.45. The normalized spacial score (nSPS) is 19.3. The fourth-order valence-corrected chi connectivity index (χ4v) is 3.63. The number of fused-ring (bicyclic) bond motifs is 1. The zero-order valence-corrected chi connectivity index (χ0v) is 18.2. The molecule has 1 aliphatic rings. The van der Waals surface area contributed by atoms with E-state index < -0.39 is 29.6 Å². The standard InChI is InChI=1S/C23H24O9/c1-13(24)30-17-6-7-18-20(10-17)29-12-23(27,22(18)28-4)11-16-5-8-19(31-14(2)25)21(9-16)32-15(3)26/h5-10,22,27H,11-12H2,1-4H3. The summed E-state index contributed by atoms with van der Waals surface area (Å²) in [6.45, 7) is 3.67. The van der Waals surface area contributed by atoms with Crippen LogP contribution in [0.3, 0.4) is 0 Å². The minimum Gasteiger partial charge on any atom is -0.490 e. The fraction of sp³-hybridized carbons (Fsp3) is 0.348. The number of hydrogen-bond acceptors (Lipinski definition) is 9. The van der Waals surface area contributed by atoms with Crippen molar-refractivity contribution in [3.8, 4) is 23.0 Å². The van der Waals surface area contributed by atoms with Crippen LogP contribution < -0.4 is 18.9 Å². The Kier molecular flexibility index (Phi) is 6.81. The molecule has 0 saturated carbocycles. The Morgan fingerprint density at radius 3 is 2.25 bits per heavy atom. The molecule has 2 unspecified atom stereocenters. The van der Waals surface area contributed by atoms with Gasteiger partial charge in [-0.2, -0.15) is 0 Å². The molecule has 9 nitrogen and oxygen atoms in total. The molecule has 0 bridgehead atoms. The van der Waals surface area contributed by atoms with Crippen LogP contribution in [0.1, 0.15) is 38.0 Å². The molecule has 0 aromatic heterocycles. The lowest BCUT2D eigenvalue weighted by molar-refractivity contribution is -0.134. The minimum atomic E-state index is -1.46. The summed E-state index contributed by atoms with van der Waals surface area (Å²) < 4.78 is 26.7. The molecule has 32 heavy (non-hydrogen) atoms. The van der Waals surface area contributed by atoms with Gasteiger partial charge in [-0.15, -0.1) is 0 Å². The second-order valence-corrected chi connectivity index (χ2v) is 7.45. The molecule has 0 fully saturated rings. The van der Waals surface area contributed by atoms with Gasteiger partial charge in [0.15, 0.2) is 11.5 Å². The van der Waals surface area contributed by atoms with Crippen LogP contribution in [0.15, 0.2) is 36.4 Å². The molecule has 1 aliphatic heterocycles. The van der Waals surface area contributed by atoms with E-state index in [1.807, 2.05) is 0 Å². The van der Waals surface area contributed by atoms with Crippen LogP contribution in [0, 0.1) is 0 Å². The van der Waals surface area contributed by atoms with E-state index >= 15 is 0 Å². The van der Waals surface area contributed by atoms with Gasteiger partial charge in [0.25, 0.3) is 0 Å². The zero-order valence-electron chi connectivity index (χ0n) is 18.2. The summed E-state index contributed by atoms with van der Waals surface area (Å²) in [5.74, 6) is -0.686. The monoisotopic (exact) mass is 444 g/mol. The van der Waals surface area contributed by atoms with Gasteiger partial charge in [0.1, 0.15) is 29.8 Å². The number of carbonyl (C=O) groups excluding carboxylic acids is 3. The van der Waals surface area contributed by atoms with Crippen LogP contribution in [-0.4, -0.2) is 42.3 Å². The molecule has 2 aromatic carbocycles. The summed E-state index contributed by atoms with van der Waals surface area (Å²) in [7, 11) is 1.47. The van der Waals surface area contributed by atoms with Crippen molar-refractivity contribution in [2.45, 2.75) is 38.9 Å². The summed E-state index contributed by atoms with van der Waals surface area (Å²) in [5.41, 5.74) is -0.264. The van der Waals surface area contributed by atoms with Crippen molar-refractivity contribution in [2.24, 2.45) is 0 Å². The molecule has 3 rings (SSSR count). The van der Waals surface area contributed by atoms with Gasteiger partial charge in [-0.3, -0.25) is 14.4 Å². The molecule has 0 radical (unpaired) electrons. The van der Waals surface area contributed by atoms with E-state index in [0.29, 0.717) is 22.6 Å². The highest BCUT2D eigenvalue weighted by molar-refractivity contribution is 5.73. The van der Waals surface area contributed by atoms with E-state index in [1.165, 1.54) is 40.0 Å². The third kappa shape index (κ3) is 5.24. The van der Waals surface area contributed by atoms with Gasteiger partial charge >= 0.3 is 17.9 Å². The van der Waals surface area contributed by atoms with E-state index in [1.54, 1.807) is 24.3 Å². The van der Waals surface area contributed by atoms with E-state index in [-0.39, 0.29) is 24.5 Å². The summed E-state index contributed by atoms with van der Waals surface area (Å²) in [6, 6.07) is 9.48. The van der Waals surface area contributed by atoms with E-state index in [4.69, 9.17) is 23.7 Å². The summed E-state index contributed by atoms with van der Waals surface area (Å²) in [6.07, 6.45) is -0.659. The van der Waals surface area contributed by atoms with Crippen LogP contribution in [0.2, 0.25) is 0 Å². The first-order chi connectivity index (χ1) is 15.1. The Labute approximate surface area is 184 Å². The van der Waals surface area contributed by atoms with Crippen LogP contribution in [0.5, 0.6) is 23.0 Å².